The summed E-state index contributed by atoms with van der Waals surface area (Å²) in [5.74, 6) is -0.846. The van der Waals surface area contributed by atoms with E-state index in [9.17, 15) is 4.79 Å². The maximum Gasteiger partial charge on any atom is 0.307 e. The monoisotopic (exact) mass is 207 g/mol. The number of carboxylic acid groups (broad SMARTS) is 1. The van der Waals surface area contributed by atoms with Crippen molar-refractivity contribution >= 4 is 5.97 Å². The summed E-state index contributed by atoms with van der Waals surface area (Å²) in [6, 6.07) is 9.99. The first-order valence-corrected chi connectivity index (χ1v) is 4.90. The second-order valence-corrected chi connectivity index (χ2v) is 3.55. The predicted molar refractivity (Wildman–Crippen MR) is 54.3 cm³/mol. The minimum absolute atomic E-state index is 0.00331. The quantitative estimate of drug-likeness (QED) is 0.780. The van der Waals surface area contributed by atoms with E-state index < -0.39 is 5.97 Å². The molecule has 4 nitrogen and oxygen atoms in total. The SMILES string of the molecule is O=C(O)CC1NC(c2ccccc2)CO1. The molecule has 80 valence electrons. The number of ether oxygens (including phenoxy) is 1. The maximum atomic E-state index is 10.5. The van der Waals surface area contributed by atoms with E-state index in [0.717, 1.165) is 5.56 Å². The van der Waals surface area contributed by atoms with E-state index in [-0.39, 0.29) is 18.7 Å². The zero-order valence-corrected chi connectivity index (χ0v) is 8.22. The first-order chi connectivity index (χ1) is 7.25. The average Bonchev–Trinajstić information content (AvgIpc) is 2.67. The van der Waals surface area contributed by atoms with Crippen LogP contribution in [0.2, 0.25) is 0 Å². The minimum Gasteiger partial charge on any atom is -0.481 e. The van der Waals surface area contributed by atoms with Gasteiger partial charge in [-0.15, -0.1) is 0 Å². The summed E-state index contributed by atoms with van der Waals surface area (Å²) in [6.07, 6.45) is -0.365. The Morgan fingerprint density at radius 2 is 2.20 bits per heavy atom. The molecule has 15 heavy (non-hydrogen) atoms. The summed E-state index contributed by atoms with van der Waals surface area (Å²) >= 11 is 0. The van der Waals surface area contributed by atoms with Crippen molar-refractivity contribution in [2.24, 2.45) is 0 Å². The maximum absolute atomic E-state index is 10.5. The second-order valence-electron chi connectivity index (χ2n) is 3.55. The number of hydrogen-bond donors (Lipinski definition) is 2. The predicted octanol–water partition coefficient (Wildman–Crippen LogP) is 1.15. The number of carbonyl (C=O) groups is 1. The van der Waals surface area contributed by atoms with Crippen molar-refractivity contribution in [2.45, 2.75) is 18.7 Å². The molecule has 0 radical (unpaired) electrons. The van der Waals surface area contributed by atoms with Gasteiger partial charge < -0.3 is 9.84 Å². The molecule has 0 aromatic heterocycles. The van der Waals surface area contributed by atoms with Crippen molar-refractivity contribution in [1.29, 1.82) is 0 Å². The van der Waals surface area contributed by atoms with Gasteiger partial charge in [-0.1, -0.05) is 30.3 Å². The summed E-state index contributed by atoms with van der Waals surface area (Å²) in [7, 11) is 0. The molecule has 1 aliphatic rings. The van der Waals surface area contributed by atoms with Crippen LogP contribution in [0.3, 0.4) is 0 Å². The van der Waals surface area contributed by atoms with Crippen LogP contribution in [0, 0.1) is 0 Å². The molecule has 4 heteroatoms. The van der Waals surface area contributed by atoms with Crippen LogP contribution >= 0.6 is 0 Å². The van der Waals surface area contributed by atoms with E-state index in [1.54, 1.807) is 0 Å². The molecule has 0 amide bonds. The summed E-state index contributed by atoms with van der Waals surface area (Å²) in [5, 5.41) is 11.7. The van der Waals surface area contributed by atoms with Gasteiger partial charge >= 0.3 is 5.97 Å². The van der Waals surface area contributed by atoms with Gasteiger partial charge in [0.1, 0.15) is 6.23 Å². The molecule has 2 atom stereocenters. The molecule has 1 aromatic carbocycles. The van der Waals surface area contributed by atoms with Gasteiger partial charge in [0.2, 0.25) is 0 Å². The van der Waals surface area contributed by atoms with Gasteiger partial charge in [-0.05, 0) is 5.56 Å². The van der Waals surface area contributed by atoms with E-state index >= 15 is 0 Å². The average molecular weight is 207 g/mol. The molecule has 0 saturated carbocycles. The normalized spacial score (nSPS) is 25.3. The Kier molecular flexibility index (Phi) is 2.99. The highest BCUT2D eigenvalue weighted by Gasteiger charge is 2.26. The third-order valence-corrected chi connectivity index (χ3v) is 2.41. The molecular weight excluding hydrogens is 194 g/mol. The number of hydrogen-bond acceptors (Lipinski definition) is 3. The lowest BCUT2D eigenvalue weighted by Crippen LogP contribution is -2.27. The summed E-state index contributed by atoms with van der Waals surface area (Å²) in [6.45, 7) is 0.530. The number of aliphatic carboxylic acids is 1. The largest absolute Gasteiger partial charge is 0.481 e. The van der Waals surface area contributed by atoms with Gasteiger partial charge in [-0.25, -0.2) is 0 Å². The van der Waals surface area contributed by atoms with Crippen LogP contribution in [0.4, 0.5) is 0 Å². The summed E-state index contributed by atoms with van der Waals surface area (Å²) in [4.78, 5) is 10.5. The Hall–Kier alpha value is -1.39. The van der Waals surface area contributed by atoms with Crippen molar-refractivity contribution in [3.05, 3.63) is 35.9 Å². The lowest BCUT2D eigenvalue weighted by Gasteiger charge is -2.10. The Morgan fingerprint density at radius 3 is 2.87 bits per heavy atom. The molecular formula is C11H13NO3. The number of carboxylic acids is 1. The van der Waals surface area contributed by atoms with Gasteiger partial charge in [0.25, 0.3) is 0 Å². The molecule has 0 aliphatic carbocycles. The van der Waals surface area contributed by atoms with Crippen LogP contribution in [0.25, 0.3) is 0 Å². The highest BCUT2D eigenvalue weighted by atomic mass is 16.5. The van der Waals surface area contributed by atoms with E-state index in [4.69, 9.17) is 9.84 Å². The second kappa shape index (κ2) is 4.42. The van der Waals surface area contributed by atoms with Crippen molar-refractivity contribution in [1.82, 2.24) is 5.32 Å². The van der Waals surface area contributed by atoms with Gasteiger partial charge in [-0.2, -0.15) is 0 Å². The van der Waals surface area contributed by atoms with Gasteiger partial charge in [0, 0.05) is 0 Å². The Bertz CT molecular complexity index is 339. The molecule has 1 fully saturated rings. The number of benzene rings is 1. The van der Waals surface area contributed by atoms with Crippen molar-refractivity contribution < 1.29 is 14.6 Å². The molecule has 1 saturated heterocycles. The third kappa shape index (κ3) is 2.55. The first-order valence-electron chi connectivity index (χ1n) is 4.90. The van der Waals surface area contributed by atoms with Crippen LogP contribution < -0.4 is 5.32 Å². The fraction of sp³-hybridized carbons (Fsp3) is 0.364. The number of rotatable bonds is 3. The fourth-order valence-corrected chi connectivity index (χ4v) is 1.69. The summed E-state index contributed by atoms with van der Waals surface area (Å²) < 4.78 is 5.34. The highest BCUT2D eigenvalue weighted by Crippen LogP contribution is 2.20. The minimum atomic E-state index is -0.846. The smallest absolute Gasteiger partial charge is 0.307 e. The topological polar surface area (TPSA) is 58.6 Å². The lowest BCUT2D eigenvalue weighted by molar-refractivity contribution is -0.139. The molecule has 0 bridgehead atoms. The van der Waals surface area contributed by atoms with Crippen LogP contribution in [-0.4, -0.2) is 23.9 Å². The van der Waals surface area contributed by atoms with Gasteiger partial charge in [0.15, 0.2) is 0 Å². The van der Waals surface area contributed by atoms with Crippen LogP contribution in [0.5, 0.6) is 0 Å². The van der Waals surface area contributed by atoms with Gasteiger partial charge in [-0.3, -0.25) is 10.1 Å². The molecule has 1 aromatic rings. The lowest BCUT2D eigenvalue weighted by atomic mass is 10.1. The third-order valence-electron chi connectivity index (χ3n) is 2.41. The molecule has 2 N–H and O–H groups in total. The molecule has 1 aliphatic heterocycles. The van der Waals surface area contributed by atoms with Crippen LogP contribution in [0.1, 0.15) is 18.0 Å². The van der Waals surface area contributed by atoms with Crippen LogP contribution in [-0.2, 0) is 9.53 Å². The molecule has 2 unspecified atom stereocenters. The molecule has 0 spiro atoms. The highest BCUT2D eigenvalue weighted by molar-refractivity contribution is 5.67. The Labute approximate surface area is 87.9 Å². The van der Waals surface area contributed by atoms with E-state index in [1.807, 2.05) is 30.3 Å². The van der Waals surface area contributed by atoms with Crippen molar-refractivity contribution in [3.63, 3.8) is 0 Å². The van der Waals surface area contributed by atoms with Crippen LogP contribution in [0.15, 0.2) is 30.3 Å². The standard InChI is InChI=1S/C11H13NO3/c13-11(14)6-10-12-9(7-15-10)8-4-2-1-3-5-8/h1-5,9-10,12H,6-7H2,(H,13,14). The molecule has 1 heterocycles. The zero-order valence-electron chi connectivity index (χ0n) is 8.22. The van der Waals surface area contributed by atoms with E-state index in [0.29, 0.717) is 6.61 Å². The summed E-state index contributed by atoms with van der Waals surface area (Å²) in [5.41, 5.74) is 1.13. The van der Waals surface area contributed by atoms with Crippen molar-refractivity contribution in [2.75, 3.05) is 6.61 Å². The first kappa shape index (κ1) is 10.1. The fourth-order valence-electron chi connectivity index (χ4n) is 1.69. The van der Waals surface area contributed by atoms with Gasteiger partial charge in [0.05, 0.1) is 19.1 Å². The Balaban J connectivity index is 1.96. The molecule has 2 rings (SSSR count). The van der Waals surface area contributed by atoms with E-state index in [2.05, 4.69) is 5.32 Å². The van der Waals surface area contributed by atoms with E-state index in [1.165, 1.54) is 0 Å². The Morgan fingerprint density at radius 1 is 1.47 bits per heavy atom. The number of nitrogens with one attached hydrogen (secondary N) is 1. The zero-order chi connectivity index (χ0) is 10.7. The van der Waals surface area contributed by atoms with Crippen molar-refractivity contribution in [3.8, 4) is 0 Å².